The molecule has 1 unspecified atom stereocenters. The van der Waals surface area contributed by atoms with Crippen molar-refractivity contribution in [2.75, 3.05) is 33.4 Å². The van der Waals surface area contributed by atoms with Gasteiger partial charge in [0.05, 0.1) is 31.4 Å². The van der Waals surface area contributed by atoms with Crippen LogP contribution in [0.1, 0.15) is 39.8 Å². The third-order valence-electron chi connectivity index (χ3n) is 4.28. The van der Waals surface area contributed by atoms with Gasteiger partial charge in [0.15, 0.2) is 0 Å². The minimum absolute atomic E-state index is 0.0488. The third-order valence-corrected chi connectivity index (χ3v) is 5.41. The first-order chi connectivity index (χ1) is 11.5. The highest BCUT2D eigenvalue weighted by atomic mass is 32.1. The Morgan fingerprint density at radius 1 is 1.46 bits per heavy atom. The molecule has 1 amide bonds. The van der Waals surface area contributed by atoms with Crippen LogP contribution in [-0.2, 0) is 11.3 Å². The summed E-state index contributed by atoms with van der Waals surface area (Å²) in [7, 11) is 1.80. The zero-order valence-corrected chi connectivity index (χ0v) is 15.1. The molecule has 3 heterocycles. The van der Waals surface area contributed by atoms with Crippen LogP contribution in [0.25, 0.3) is 0 Å². The van der Waals surface area contributed by atoms with E-state index in [9.17, 15) is 4.79 Å². The van der Waals surface area contributed by atoms with Gasteiger partial charge in [0.2, 0.25) is 0 Å². The molecule has 1 aliphatic heterocycles. The molecular formula is C17H23N3O3S. The van der Waals surface area contributed by atoms with E-state index in [1.165, 1.54) is 0 Å². The van der Waals surface area contributed by atoms with Crippen LogP contribution in [0.5, 0.6) is 0 Å². The predicted octanol–water partition coefficient (Wildman–Crippen LogP) is 2.71. The summed E-state index contributed by atoms with van der Waals surface area (Å²) >= 11 is 1.58. The van der Waals surface area contributed by atoms with Crippen molar-refractivity contribution < 1.29 is 13.9 Å². The normalized spacial score (nSPS) is 17.0. The number of carbonyl (C=O) groups is 1. The van der Waals surface area contributed by atoms with E-state index in [1.807, 2.05) is 25.3 Å². The lowest BCUT2D eigenvalue weighted by Gasteiger charge is -2.25. The molecule has 24 heavy (non-hydrogen) atoms. The fraction of sp³-hybridized carbons (Fsp3) is 0.529. The van der Waals surface area contributed by atoms with E-state index in [-0.39, 0.29) is 11.9 Å². The SMILES string of the molecule is Cc1csc(C(C)N(C)C(=O)c2coc(CN3CCOCC3)c2)n1. The Kier molecular flexibility index (Phi) is 5.33. The zero-order valence-electron chi connectivity index (χ0n) is 14.3. The number of hydrogen-bond acceptors (Lipinski definition) is 6. The maximum Gasteiger partial charge on any atom is 0.257 e. The highest BCUT2D eigenvalue weighted by Crippen LogP contribution is 2.24. The first-order valence-electron chi connectivity index (χ1n) is 8.11. The Labute approximate surface area is 146 Å². The second kappa shape index (κ2) is 7.46. The molecule has 2 aromatic heterocycles. The summed E-state index contributed by atoms with van der Waals surface area (Å²) in [5.41, 5.74) is 1.57. The van der Waals surface area contributed by atoms with Crippen molar-refractivity contribution in [2.45, 2.75) is 26.4 Å². The van der Waals surface area contributed by atoms with E-state index < -0.39 is 0 Å². The number of hydrogen-bond donors (Lipinski definition) is 0. The van der Waals surface area contributed by atoms with E-state index in [0.29, 0.717) is 12.1 Å². The largest absolute Gasteiger partial charge is 0.467 e. The molecular weight excluding hydrogens is 326 g/mol. The van der Waals surface area contributed by atoms with E-state index >= 15 is 0 Å². The number of furan rings is 1. The van der Waals surface area contributed by atoms with Crippen LogP contribution in [0, 0.1) is 6.92 Å². The van der Waals surface area contributed by atoms with Gasteiger partial charge in [-0.3, -0.25) is 9.69 Å². The van der Waals surface area contributed by atoms with Crippen LogP contribution in [0.3, 0.4) is 0 Å². The van der Waals surface area contributed by atoms with Gasteiger partial charge in [-0.1, -0.05) is 0 Å². The monoisotopic (exact) mass is 349 g/mol. The lowest BCUT2D eigenvalue weighted by molar-refractivity contribution is 0.0313. The van der Waals surface area contributed by atoms with Crippen LogP contribution < -0.4 is 0 Å². The summed E-state index contributed by atoms with van der Waals surface area (Å²) in [6.07, 6.45) is 1.55. The Hall–Kier alpha value is -1.70. The van der Waals surface area contributed by atoms with Crippen molar-refractivity contribution in [2.24, 2.45) is 0 Å². The van der Waals surface area contributed by atoms with E-state index in [1.54, 1.807) is 29.5 Å². The number of carbonyl (C=O) groups excluding carboxylic acids is 1. The Morgan fingerprint density at radius 2 is 2.21 bits per heavy atom. The summed E-state index contributed by atoms with van der Waals surface area (Å²) in [5.74, 6) is 0.763. The average Bonchev–Trinajstić information content (AvgIpc) is 3.23. The van der Waals surface area contributed by atoms with E-state index in [2.05, 4.69) is 9.88 Å². The molecule has 3 rings (SSSR count). The summed E-state index contributed by atoms with van der Waals surface area (Å²) in [6.45, 7) is 7.95. The number of rotatable bonds is 5. The topological polar surface area (TPSA) is 58.8 Å². The number of aryl methyl sites for hydroxylation is 1. The molecule has 1 atom stereocenters. The van der Waals surface area contributed by atoms with Crippen molar-refractivity contribution in [3.05, 3.63) is 39.7 Å². The van der Waals surface area contributed by atoms with Gasteiger partial charge < -0.3 is 14.1 Å². The summed E-state index contributed by atoms with van der Waals surface area (Å²) in [5, 5.41) is 2.95. The van der Waals surface area contributed by atoms with Gasteiger partial charge in [0.25, 0.3) is 5.91 Å². The van der Waals surface area contributed by atoms with Crippen LogP contribution in [-0.4, -0.2) is 54.0 Å². The lowest BCUT2D eigenvalue weighted by Crippen LogP contribution is -2.35. The summed E-state index contributed by atoms with van der Waals surface area (Å²) < 4.78 is 10.9. The van der Waals surface area contributed by atoms with Crippen LogP contribution in [0.15, 0.2) is 22.1 Å². The smallest absolute Gasteiger partial charge is 0.257 e. The fourth-order valence-corrected chi connectivity index (χ4v) is 3.56. The maximum atomic E-state index is 12.7. The number of nitrogens with zero attached hydrogens (tertiary/aromatic N) is 3. The standard InChI is InChI=1S/C17H23N3O3S/c1-12-11-24-16(18-12)13(2)19(3)17(21)14-8-15(23-10-14)9-20-4-6-22-7-5-20/h8,10-11,13H,4-7,9H2,1-3H3. The Bertz CT molecular complexity index is 691. The van der Waals surface area contributed by atoms with Gasteiger partial charge in [0.1, 0.15) is 17.0 Å². The molecule has 1 fully saturated rings. The van der Waals surface area contributed by atoms with Gasteiger partial charge in [-0.15, -0.1) is 11.3 Å². The summed E-state index contributed by atoms with van der Waals surface area (Å²) in [6, 6.07) is 1.78. The molecule has 0 N–H and O–H groups in total. The second-order valence-corrected chi connectivity index (χ2v) is 7.00. The number of thiazole rings is 1. The molecule has 6 nitrogen and oxygen atoms in total. The minimum atomic E-state index is -0.0613. The number of morpholine rings is 1. The first kappa shape index (κ1) is 17.1. The van der Waals surface area contributed by atoms with Crippen LogP contribution >= 0.6 is 11.3 Å². The van der Waals surface area contributed by atoms with Crippen LogP contribution in [0.2, 0.25) is 0 Å². The quantitative estimate of drug-likeness (QED) is 0.831. The molecule has 2 aromatic rings. The number of aromatic nitrogens is 1. The highest BCUT2D eigenvalue weighted by Gasteiger charge is 2.23. The van der Waals surface area contributed by atoms with Gasteiger partial charge in [-0.2, -0.15) is 0 Å². The van der Waals surface area contributed by atoms with Crippen molar-refractivity contribution in [3.63, 3.8) is 0 Å². The van der Waals surface area contributed by atoms with E-state index in [0.717, 1.165) is 42.8 Å². The van der Waals surface area contributed by atoms with Crippen molar-refractivity contribution in [1.82, 2.24) is 14.8 Å². The predicted molar refractivity (Wildman–Crippen MR) is 92.2 cm³/mol. The maximum absolute atomic E-state index is 12.7. The molecule has 0 radical (unpaired) electrons. The highest BCUT2D eigenvalue weighted by molar-refractivity contribution is 7.09. The van der Waals surface area contributed by atoms with E-state index in [4.69, 9.17) is 9.15 Å². The van der Waals surface area contributed by atoms with Gasteiger partial charge >= 0.3 is 0 Å². The van der Waals surface area contributed by atoms with Gasteiger partial charge in [-0.05, 0) is 19.9 Å². The Morgan fingerprint density at radius 3 is 2.88 bits per heavy atom. The van der Waals surface area contributed by atoms with Gasteiger partial charge in [-0.25, -0.2) is 4.98 Å². The molecule has 1 saturated heterocycles. The first-order valence-corrected chi connectivity index (χ1v) is 8.99. The van der Waals surface area contributed by atoms with Crippen LogP contribution in [0.4, 0.5) is 0 Å². The third kappa shape index (κ3) is 3.85. The molecule has 0 aromatic carbocycles. The number of ether oxygens (including phenoxy) is 1. The van der Waals surface area contributed by atoms with Crippen molar-refractivity contribution in [3.8, 4) is 0 Å². The minimum Gasteiger partial charge on any atom is -0.467 e. The van der Waals surface area contributed by atoms with Gasteiger partial charge in [0, 0.05) is 31.2 Å². The molecule has 7 heteroatoms. The Balaban J connectivity index is 1.64. The van der Waals surface area contributed by atoms with Crippen molar-refractivity contribution >= 4 is 17.2 Å². The second-order valence-electron chi connectivity index (χ2n) is 6.11. The molecule has 0 spiro atoms. The average molecular weight is 349 g/mol. The molecule has 130 valence electrons. The molecule has 0 saturated carbocycles. The number of amides is 1. The fourth-order valence-electron chi connectivity index (χ4n) is 2.66. The van der Waals surface area contributed by atoms with Crippen molar-refractivity contribution in [1.29, 1.82) is 0 Å². The molecule has 1 aliphatic rings. The lowest BCUT2D eigenvalue weighted by atomic mass is 10.2. The molecule has 0 aliphatic carbocycles. The zero-order chi connectivity index (χ0) is 17.1. The molecule has 0 bridgehead atoms. The summed E-state index contributed by atoms with van der Waals surface area (Å²) in [4.78, 5) is 21.1.